The highest BCUT2D eigenvalue weighted by Crippen LogP contribution is 2.32. The van der Waals surface area contributed by atoms with Gasteiger partial charge in [-0.2, -0.15) is 0 Å². The van der Waals surface area contributed by atoms with Crippen molar-refractivity contribution in [3.8, 4) is 0 Å². The molecule has 2 aliphatic heterocycles. The average Bonchev–Trinajstić information content (AvgIpc) is 2.73. The van der Waals surface area contributed by atoms with Gasteiger partial charge in [0.25, 0.3) is 0 Å². The lowest BCUT2D eigenvalue weighted by Gasteiger charge is -2.33. The van der Waals surface area contributed by atoms with Crippen LogP contribution in [0.25, 0.3) is 0 Å². The first-order chi connectivity index (χ1) is 14.7. The molecule has 0 saturated carbocycles. The smallest absolute Gasteiger partial charge is 0.228 e. The molecule has 9 heteroatoms. The molecule has 1 atom stereocenters. The second-order valence-corrected chi connectivity index (χ2v) is 10.3. The topological polar surface area (TPSA) is 83.5 Å². The van der Waals surface area contributed by atoms with Crippen LogP contribution >= 0.6 is 0 Å². The van der Waals surface area contributed by atoms with E-state index in [0.717, 1.165) is 29.7 Å². The van der Waals surface area contributed by atoms with Gasteiger partial charge in [0.15, 0.2) is 0 Å². The predicted molar refractivity (Wildman–Crippen MR) is 116 cm³/mol. The Bertz CT molecular complexity index is 1090. The van der Waals surface area contributed by atoms with E-state index >= 15 is 0 Å². The van der Waals surface area contributed by atoms with Gasteiger partial charge in [-0.05, 0) is 50.3 Å². The first-order valence-corrected chi connectivity index (χ1v) is 12.4. The van der Waals surface area contributed by atoms with Crippen LogP contribution < -0.4 is 4.90 Å². The number of sulfonamides is 1. The molecule has 2 aliphatic rings. The Morgan fingerprint density at radius 2 is 1.90 bits per heavy atom. The number of rotatable bonds is 5. The maximum absolute atomic E-state index is 13.2. The third-order valence-electron chi connectivity index (χ3n) is 6.11. The van der Waals surface area contributed by atoms with Crippen LogP contribution in [0.1, 0.15) is 47.8 Å². The number of piperidine rings is 1. The summed E-state index contributed by atoms with van der Waals surface area (Å²) in [4.78, 5) is 23.9. The van der Waals surface area contributed by atoms with Crippen molar-refractivity contribution in [2.45, 2.75) is 44.9 Å². The van der Waals surface area contributed by atoms with E-state index in [4.69, 9.17) is 9.97 Å². The first-order valence-electron chi connectivity index (χ1n) is 10.6. The van der Waals surface area contributed by atoms with Crippen LogP contribution in [0.15, 0.2) is 24.3 Å². The highest BCUT2D eigenvalue weighted by molar-refractivity contribution is 7.88. The van der Waals surface area contributed by atoms with Gasteiger partial charge >= 0.3 is 0 Å². The van der Waals surface area contributed by atoms with Crippen LogP contribution in [0.4, 0.5) is 10.2 Å². The Hall–Kier alpha value is -2.39. The predicted octanol–water partition coefficient (Wildman–Crippen LogP) is 2.59. The summed E-state index contributed by atoms with van der Waals surface area (Å²) in [5.74, 6) is 0.874. The lowest BCUT2D eigenvalue weighted by molar-refractivity contribution is -0.118. The zero-order chi connectivity index (χ0) is 22.2. The summed E-state index contributed by atoms with van der Waals surface area (Å²) in [5.41, 5.74) is 2.76. The fourth-order valence-corrected chi connectivity index (χ4v) is 5.27. The molecule has 0 bridgehead atoms. The lowest BCUT2D eigenvalue weighted by atomic mass is 9.97. The van der Waals surface area contributed by atoms with E-state index in [0.29, 0.717) is 50.5 Å². The van der Waals surface area contributed by atoms with Gasteiger partial charge in [0.05, 0.1) is 6.26 Å². The van der Waals surface area contributed by atoms with Gasteiger partial charge in [0.2, 0.25) is 15.9 Å². The molecular weight excluding hydrogens is 419 g/mol. The van der Waals surface area contributed by atoms with Gasteiger partial charge in [-0.1, -0.05) is 12.1 Å². The molecule has 0 radical (unpaired) electrons. The summed E-state index contributed by atoms with van der Waals surface area (Å²) in [6.45, 7) is 3.25. The largest absolute Gasteiger partial charge is 0.296 e. The second-order valence-electron chi connectivity index (χ2n) is 8.35. The summed E-state index contributed by atoms with van der Waals surface area (Å²) in [5, 5.41) is 0. The van der Waals surface area contributed by atoms with E-state index in [1.807, 2.05) is 6.92 Å². The third-order valence-corrected chi connectivity index (χ3v) is 7.38. The Labute approximate surface area is 182 Å². The van der Waals surface area contributed by atoms with Crippen molar-refractivity contribution in [2.75, 3.05) is 30.8 Å². The van der Waals surface area contributed by atoms with Gasteiger partial charge < -0.3 is 0 Å². The maximum atomic E-state index is 13.2. The van der Waals surface area contributed by atoms with Gasteiger partial charge in [0, 0.05) is 43.2 Å². The van der Waals surface area contributed by atoms with Crippen LogP contribution in [-0.4, -0.2) is 54.5 Å². The summed E-state index contributed by atoms with van der Waals surface area (Å²) in [6, 6.07) is 6.29. The van der Waals surface area contributed by atoms with Gasteiger partial charge in [0.1, 0.15) is 17.5 Å². The summed E-state index contributed by atoms with van der Waals surface area (Å²) in [7, 11) is -3.27. The van der Waals surface area contributed by atoms with Gasteiger partial charge in [-0.15, -0.1) is 0 Å². The SMILES string of the molecule is Cc1nc([C@H]2CCCN(S(C)(=O)=O)C2)nc2c1CCC(=O)N2CCc1ccc(F)cc1. The first kappa shape index (κ1) is 21.8. The molecule has 1 aromatic carbocycles. The molecule has 1 fully saturated rings. The van der Waals surface area contributed by atoms with Crippen LogP contribution in [0.3, 0.4) is 0 Å². The number of hydrogen-bond donors (Lipinski definition) is 0. The van der Waals surface area contributed by atoms with Crippen molar-refractivity contribution in [1.82, 2.24) is 14.3 Å². The van der Waals surface area contributed by atoms with E-state index in [2.05, 4.69) is 0 Å². The van der Waals surface area contributed by atoms with Crippen molar-refractivity contribution in [1.29, 1.82) is 0 Å². The van der Waals surface area contributed by atoms with E-state index in [-0.39, 0.29) is 17.6 Å². The molecule has 0 N–H and O–H groups in total. The van der Waals surface area contributed by atoms with E-state index < -0.39 is 10.0 Å². The zero-order valence-corrected chi connectivity index (χ0v) is 18.7. The normalized spacial score (nSPS) is 20.0. The Morgan fingerprint density at radius 3 is 2.61 bits per heavy atom. The molecular formula is C22H27FN4O3S. The molecule has 4 rings (SSSR count). The number of anilines is 1. The molecule has 3 heterocycles. The monoisotopic (exact) mass is 446 g/mol. The van der Waals surface area contributed by atoms with E-state index in [9.17, 15) is 17.6 Å². The summed E-state index contributed by atoms with van der Waals surface area (Å²) in [6.07, 6.45) is 4.40. The van der Waals surface area contributed by atoms with Crippen LogP contribution in [0, 0.1) is 12.7 Å². The lowest BCUT2D eigenvalue weighted by Crippen LogP contribution is -2.40. The Kier molecular flexibility index (Phi) is 6.07. The van der Waals surface area contributed by atoms with E-state index in [1.54, 1.807) is 17.0 Å². The van der Waals surface area contributed by atoms with Crippen LogP contribution in [0.5, 0.6) is 0 Å². The Balaban J connectivity index is 1.61. The number of fused-ring (bicyclic) bond motifs is 1. The number of aromatic nitrogens is 2. The van der Waals surface area contributed by atoms with Crippen LogP contribution in [0.2, 0.25) is 0 Å². The maximum Gasteiger partial charge on any atom is 0.228 e. The molecule has 0 unspecified atom stereocenters. The minimum Gasteiger partial charge on any atom is -0.296 e. The second kappa shape index (κ2) is 8.63. The van der Waals surface area contributed by atoms with Crippen molar-refractivity contribution in [2.24, 2.45) is 0 Å². The number of carbonyl (C=O) groups is 1. The molecule has 166 valence electrons. The standard InChI is InChI=1S/C22H27FN4O3S/c1-15-19-9-10-20(28)27(13-11-16-5-7-18(23)8-6-16)22(19)25-21(24-15)17-4-3-12-26(14-17)31(2,29)30/h5-8,17H,3-4,9-14H2,1-2H3/t17-/m0/s1. The molecule has 1 saturated heterocycles. The van der Waals surface area contributed by atoms with Gasteiger partial charge in [-0.25, -0.2) is 27.1 Å². The molecule has 0 aliphatic carbocycles. The molecule has 2 aromatic rings. The molecule has 1 aromatic heterocycles. The van der Waals surface area contributed by atoms with Crippen molar-refractivity contribution in [3.63, 3.8) is 0 Å². The van der Waals surface area contributed by atoms with Crippen molar-refractivity contribution in [3.05, 3.63) is 52.7 Å². The number of aryl methyl sites for hydroxylation is 1. The number of amides is 1. The van der Waals surface area contributed by atoms with Crippen molar-refractivity contribution >= 4 is 21.7 Å². The zero-order valence-electron chi connectivity index (χ0n) is 17.8. The number of halogens is 1. The van der Waals surface area contributed by atoms with E-state index in [1.165, 1.54) is 22.7 Å². The van der Waals surface area contributed by atoms with Crippen molar-refractivity contribution < 1.29 is 17.6 Å². The average molecular weight is 447 g/mol. The summed E-state index contributed by atoms with van der Waals surface area (Å²) >= 11 is 0. The van der Waals surface area contributed by atoms with Gasteiger partial charge in [-0.3, -0.25) is 9.69 Å². The number of benzene rings is 1. The highest BCUT2D eigenvalue weighted by Gasteiger charge is 2.32. The number of hydrogen-bond acceptors (Lipinski definition) is 5. The molecule has 0 spiro atoms. The highest BCUT2D eigenvalue weighted by atomic mass is 32.2. The van der Waals surface area contributed by atoms with Crippen LogP contribution in [-0.2, 0) is 27.7 Å². The fraction of sp³-hybridized carbons (Fsp3) is 0.500. The summed E-state index contributed by atoms with van der Waals surface area (Å²) < 4.78 is 38.7. The number of carbonyl (C=O) groups excluding carboxylic acids is 1. The minimum absolute atomic E-state index is 0.0140. The number of nitrogens with zero attached hydrogens (tertiary/aromatic N) is 4. The minimum atomic E-state index is -3.27. The molecule has 7 nitrogen and oxygen atoms in total. The Morgan fingerprint density at radius 1 is 1.16 bits per heavy atom. The third kappa shape index (κ3) is 4.77. The quantitative estimate of drug-likeness (QED) is 0.705. The molecule has 31 heavy (non-hydrogen) atoms. The fourth-order valence-electron chi connectivity index (χ4n) is 4.36. The molecule has 1 amide bonds.